The first-order valence-electron chi connectivity index (χ1n) is 8.30. The molecule has 5 nitrogen and oxygen atoms in total. The van der Waals surface area contributed by atoms with Crippen molar-refractivity contribution >= 4 is 34.8 Å². The number of anilines is 1. The van der Waals surface area contributed by atoms with Gasteiger partial charge in [0.2, 0.25) is 0 Å². The number of carbonyl (C=O) groups is 1. The number of ether oxygens (including phenoxy) is 2. The van der Waals surface area contributed by atoms with Gasteiger partial charge in [-0.05, 0) is 23.8 Å². The Labute approximate surface area is 175 Å². The van der Waals surface area contributed by atoms with Gasteiger partial charge in [-0.1, -0.05) is 53.5 Å². The average molecular weight is 439 g/mol. The SMILES string of the molecule is O=C(Nc1c(Cl)cncc1Cl)c1ccc(OC(F)F)c(OCc2ccccc2)c1. The normalized spacial score (nSPS) is 10.7. The topological polar surface area (TPSA) is 60.5 Å². The van der Waals surface area contributed by atoms with E-state index in [2.05, 4.69) is 15.0 Å². The molecular weight excluding hydrogens is 425 g/mol. The van der Waals surface area contributed by atoms with E-state index in [0.717, 1.165) is 5.56 Å². The molecule has 0 spiro atoms. The van der Waals surface area contributed by atoms with Crippen LogP contribution >= 0.6 is 23.2 Å². The molecule has 1 amide bonds. The van der Waals surface area contributed by atoms with Crippen molar-refractivity contribution in [3.8, 4) is 11.5 Å². The minimum absolute atomic E-state index is 0.00581. The van der Waals surface area contributed by atoms with Crippen molar-refractivity contribution in [3.05, 3.63) is 82.1 Å². The van der Waals surface area contributed by atoms with E-state index < -0.39 is 12.5 Å². The van der Waals surface area contributed by atoms with Crippen LogP contribution in [0, 0.1) is 0 Å². The Morgan fingerprint density at radius 1 is 1.03 bits per heavy atom. The second-order valence-corrected chi connectivity index (χ2v) is 6.56. The smallest absolute Gasteiger partial charge is 0.387 e. The van der Waals surface area contributed by atoms with Crippen LogP contribution in [0.15, 0.2) is 60.9 Å². The van der Waals surface area contributed by atoms with Crippen molar-refractivity contribution in [1.82, 2.24) is 4.98 Å². The van der Waals surface area contributed by atoms with Gasteiger partial charge in [0.15, 0.2) is 11.5 Å². The Morgan fingerprint density at radius 2 is 1.72 bits per heavy atom. The molecule has 1 aromatic heterocycles. The Bertz CT molecular complexity index is 984. The van der Waals surface area contributed by atoms with Crippen LogP contribution in [0.4, 0.5) is 14.5 Å². The van der Waals surface area contributed by atoms with Crippen molar-refractivity contribution in [2.75, 3.05) is 5.32 Å². The lowest BCUT2D eigenvalue weighted by molar-refractivity contribution is -0.0515. The molecule has 29 heavy (non-hydrogen) atoms. The molecule has 1 heterocycles. The summed E-state index contributed by atoms with van der Waals surface area (Å²) in [6.07, 6.45) is 2.66. The van der Waals surface area contributed by atoms with E-state index in [4.69, 9.17) is 27.9 Å². The summed E-state index contributed by atoms with van der Waals surface area (Å²) in [6.45, 7) is -2.93. The number of benzene rings is 2. The highest BCUT2D eigenvalue weighted by Crippen LogP contribution is 2.32. The van der Waals surface area contributed by atoms with E-state index >= 15 is 0 Å². The molecule has 2 aromatic carbocycles. The molecule has 0 aliphatic rings. The number of rotatable bonds is 7. The third-order valence-corrected chi connectivity index (χ3v) is 4.32. The third-order valence-electron chi connectivity index (χ3n) is 3.75. The predicted molar refractivity (Wildman–Crippen MR) is 106 cm³/mol. The van der Waals surface area contributed by atoms with Gasteiger partial charge in [-0.25, -0.2) is 0 Å². The van der Waals surface area contributed by atoms with Gasteiger partial charge >= 0.3 is 6.61 Å². The fourth-order valence-corrected chi connectivity index (χ4v) is 2.87. The van der Waals surface area contributed by atoms with E-state index in [1.54, 1.807) is 0 Å². The first-order valence-corrected chi connectivity index (χ1v) is 9.05. The maximum Gasteiger partial charge on any atom is 0.387 e. The molecule has 0 atom stereocenters. The standard InChI is InChI=1S/C20H14Cl2F2N2O3/c21-14-9-25-10-15(22)18(14)26-19(27)13-6-7-16(29-20(23)24)17(8-13)28-11-12-4-2-1-3-5-12/h1-10,20H,11H2,(H,25,26,27). The summed E-state index contributed by atoms with van der Waals surface area (Å²) >= 11 is 12.0. The number of aromatic nitrogens is 1. The van der Waals surface area contributed by atoms with E-state index in [1.165, 1.54) is 30.6 Å². The van der Waals surface area contributed by atoms with Crippen LogP contribution in [0.1, 0.15) is 15.9 Å². The highest BCUT2D eigenvalue weighted by atomic mass is 35.5. The van der Waals surface area contributed by atoms with Crippen molar-refractivity contribution in [3.63, 3.8) is 0 Å². The number of amides is 1. The summed E-state index contributed by atoms with van der Waals surface area (Å²) in [5.74, 6) is -0.755. The highest BCUT2D eigenvalue weighted by molar-refractivity contribution is 6.39. The molecule has 0 unspecified atom stereocenters. The molecule has 0 radical (unpaired) electrons. The molecule has 3 rings (SSSR count). The van der Waals surface area contributed by atoms with Gasteiger partial charge in [0, 0.05) is 18.0 Å². The van der Waals surface area contributed by atoms with Gasteiger partial charge in [0.1, 0.15) is 6.61 Å². The summed E-state index contributed by atoms with van der Waals surface area (Å²) in [6, 6.07) is 13.0. The Kier molecular flexibility index (Phi) is 6.85. The van der Waals surface area contributed by atoms with Crippen LogP contribution in [-0.4, -0.2) is 17.5 Å². The van der Waals surface area contributed by atoms with E-state index in [9.17, 15) is 13.6 Å². The lowest BCUT2D eigenvalue weighted by Crippen LogP contribution is -2.13. The van der Waals surface area contributed by atoms with Crippen LogP contribution in [-0.2, 0) is 6.61 Å². The maximum atomic E-state index is 12.7. The number of nitrogens with one attached hydrogen (secondary N) is 1. The third kappa shape index (κ3) is 5.56. The van der Waals surface area contributed by atoms with Crippen molar-refractivity contribution in [2.24, 2.45) is 0 Å². The van der Waals surface area contributed by atoms with Crippen molar-refractivity contribution in [2.45, 2.75) is 13.2 Å². The molecule has 0 fully saturated rings. The van der Waals surface area contributed by atoms with Crippen LogP contribution in [0.25, 0.3) is 0 Å². The quantitative estimate of drug-likeness (QED) is 0.504. The second-order valence-electron chi connectivity index (χ2n) is 5.75. The molecule has 150 valence electrons. The van der Waals surface area contributed by atoms with E-state index in [-0.39, 0.29) is 39.4 Å². The fourth-order valence-electron chi connectivity index (χ4n) is 2.41. The summed E-state index contributed by atoms with van der Waals surface area (Å²) in [5.41, 5.74) is 1.15. The summed E-state index contributed by atoms with van der Waals surface area (Å²) in [7, 11) is 0. The number of alkyl halides is 2. The van der Waals surface area contributed by atoms with Crippen LogP contribution < -0.4 is 14.8 Å². The largest absolute Gasteiger partial charge is 0.485 e. The minimum atomic E-state index is -3.04. The first-order chi connectivity index (χ1) is 13.9. The van der Waals surface area contributed by atoms with Crippen molar-refractivity contribution in [1.29, 1.82) is 0 Å². The number of hydrogen-bond acceptors (Lipinski definition) is 4. The number of nitrogens with zero attached hydrogens (tertiary/aromatic N) is 1. The molecule has 0 bridgehead atoms. The number of carbonyl (C=O) groups excluding carboxylic acids is 1. The molecule has 0 saturated heterocycles. The zero-order valence-electron chi connectivity index (χ0n) is 14.7. The summed E-state index contributed by atoms with van der Waals surface area (Å²) in [4.78, 5) is 16.4. The Balaban J connectivity index is 1.84. The van der Waals surface area contributed by atoms with Gasteiger partial charge in [-0.2, -0.15) is 8.78 Å². The maximum absolute atomic E-state index is 12.7. The summed E-state index contributed by atoms with van der Waals surface area (Å²) < 4.78 is 35.5. The monoisotopic (exact) mass is 438 g/mol. The van der Waals surface area contributed by atoms with Crippen LogP contribution in [0.3, 0.4) is 0 Å². The molecule has 0 aliphatic heterocycles. The first kappa shape index (κ1) is 20.8. The minimum Gasteiger partial charge on any atom is -0.485 e. The predicted octanol–water partition coefficient (Wildman–Crippen LogP) is 5.82. The fraction of sp³-hybridized carbons (Fsp3) is 0.100. The number of halogens is 4. The van der Waals surface area contributed by atoms with E-state index in [1.807, 2.05) is 30.3 Å². The molecule has 3 aromatic rings. The Hall–Kier alpha value is -2.90. The molecule has 1 N–H and O–H groups in total. The van der Waals surface area contributed by atoms with E-state index in [0.29, 0.717) is 0 Å². The van der Waals surface area contributed by atoms with Gasteiger partial charge in [0.25, 0.3) is 5.91 Å². The van der Waals surface area contributed by atoms with Crippen LogP contribution in [0.5, 0.6) is 11.5 Å². The zero-order chi connectivity index (χ0) is 20.8. The molecule has 0 aliphatic carbocycles. The van der Waals surface area contributed by atoms with Crippen molar-refractivity contribution < 1.29 is 23.0 Å². The number of pyridine rings is 1. The summed E-state index contributed by atoms with van der Waals surface area (Å²) in [5, 5.41) is 2.88. The zero-order valence-corrected chi connectivity index (χ0v) is 16.3. The Morgan fingerprint density at radius 3 is 2.38 bits per heavy atom. The van der Waals surface area contributed by atoms with Gasteiger partial charge in [-0.15, -0.1) is 0 Å². The second kappa shape index (κ2) is 9.54. The highest BCUT2D eigenvalue weighted by Gasteiger charge is 2.17. The molecular formula is C20H14Cl2F2N2O3. The molecule has 9 heteroatoms. The lowest BCUT2D eigenvalue weighted by Gasteiger charge is -2.14. The van der Waals surface area contributed by atoms with Gasteiger partial charge < -0.3 is 14.8 Å². The van der Waals surface area contributed by atoms with Gasteiger partial charge in [0.05, 0.1) is 15.7 Å². The molecule has 0 saturated carbocycles. The van der Waals surface area contributed by atoms with Crippen LogP contribution in [0.2, 0.25) is 10.0 Å². The van der Waals surface area contributed by atoms with Gasteiger partial charge in [-0.3, -0.25) is 9.78 Å². The number of hydrogen-bond donors (Lipinski definition) is 1. The average Bonchev–Trinajstić information content (AvgIpc) is 2.70. The lowest BCUT2D eigenvalue weighted by atomic mass is 10.1.